The van der Waals surface area contributed by atoms with Crippen molar-refractivity contribution < 1.29 is 23.1 Å². The summed E-state index contributed by atoms with van der Waals surface area (Å²) in [5, 5.41) is 5.26. The molecule has 1 unspecified atom stereocenters. The molecule has 1 atom stereocenters. The Kier molecular flexibility index (Phi) is 5.15. The number of ether oxygens (including phenoxy) is 1. The molecular weight excluding hydrogens is 396 g/mol. The van der Waals surface area contributed by atoms with Crippen LogP contribution in [0.5, 0.6) is 5.75 Å². The van der Waals surface area contributed by atoms with Crippen molar-refractivity contribution in [3.05, 3.63) is 47.3 Å². The molecule has 2 aromatic rings. The molecule has 4 rings (SSSR count). The standard InChI is InChI=1S/C20H21F2N5O3/c1-11(15-7-16-17(8-23-15)30-6-5-26(16)2)24-18(28)10-27-9-12-14(25-20(27)29)4-3-13(21)19(12)22/h3-4,7-8,11H,5-6,9-10H2,1-2H3,(H,24,28)(H,25,29). The topological polar surface area (TPSA) is 86.8 Å². The van der Waals surface area contributed by atoms with Crippen LogP contribution in [0.1, 0.15) is 24.2 Å². The van der Waals surface area contributed by atoms with Gasteiger partial charge in [-0.2, -0.15) is 0 Å². The van der Waals surface area contributed by atoms with Gasteiger partial charge in [0.25, 0.3) is 0 Å². The van der Waals surface area contributed by atoms with Gasteiger partial charge in [0.15, 0.2) is 17.4 Å². The van der Waals surface area contributed by atoms with Crippen LogP contribution in [-0.4, -0.2) is 48.6 Å². The second-order valence-corrected chi connectivity index (χ2v) is 7.31. The predicted octanol–water partition coefficient (Wildman–Crippen LogP) is 2.41. The van der Waals surface area contributed by atoms with Crippen molar-refractivity contribution in [2.45, 2.75) is 19.5 Å². The zero-order chi connectivity index (χ0) is 21.4. The number of nitrogens with zero attached hydrogens (tertiary/aromatic N) is 3. The van der Waals surface area contributed by atoms with Crippen LogP contribution in [0.15, 0.2) is 24.4 Å². The average Bonchev–Trinajstić information content (AvgIpc) is 2.72. The number of aromatic nitrogens is 1. The van der Waals surface area contributed by atoms with Gasteiger partial charge >= 0.3 is 6.03 Å². The van der Waals surface area contributed by atoms with Gasteiger partial charge in [-0.3, -0.25) is 9.78 Å². The first-order chi connectivity index (χ1) is 14.3. The second kappa shape index (κ2) is 7.77. The van der Waals surface area contributed by atoms with Crippen LogP contribution in [-0.2, 0) is 11.3 Å². The number of amides is 3. The number of pyridine rings is 1. The molecule has 2 aliphatic heterocycles. The molecule has 0 saturated heterocycles. The molecule has 3 heterocycles. The molecule has 3 amide bonds. The molecule has 1 aromatic heterocycles. The predicted molar refractivity (Wildman–Crippen MR) is 105 cm³/mol. The highest BCUT2D eigenvalue weighted by atomic mass is 19.2. The molecule has 0 saturated carbocycles. The van der Waals surface area contributed by atoms with Crippen LogP contribution < -0.4 is 20.3 Å². The van der Waals surface area contributed by atoms with E-state index in [9.17, 15) is 18.4 Å². The number of carbonyl (C=O) groups excluding carboxylic acids is 2. The van der Waals surface area contributed by atoms with Crippen molar-refractivity contribution in [1.82, 2.24) is 15.2 Å². The Morgan fingerprint density at radius 2 is 2.20 bits per heavy atom. The van der Waals surface area contributed by atoms with Crippen molar-refractivity contribution in [2.24, 2.45) is 0 Å². The minimum absolute atomic E-state index is 0.00911. The largest absolute Gasteiger partial charge is 0.488 e. The van der Waals surface area contributed by atoms with E-state index in [1.807, 2.05) is 18.0 Å². The summed E-state index contributed by atoms with van der Waals surface area (Å²) in [6.07, 6.45) is 1.62. The molecule has 158 valence electrons. The summed E-state index contributed by atoms with van der Waals surface area (Å²) < 4.78 is 33.1. The minimum atomic E-state index is -1.03. The van der Waals surface area contributed by atoms with E-state index in [0.29, 0.717) is 18.1 Å². The van der Waals surface area contributed by atoms with E-state index in [0.717, 1.165) is 23.2 Å². The lowest BCUT2D eigenvalue weighted by atomic mass is 10.1. The van der Waals surface area contributed by atoms with E-state index in [1.54, 1.807) is 13.1 Å². The first-order valence-electron chi connectivity index (χ1n) is 9.49. The highest BCUT2D eigenvalue weighted by Crippen LogP contribution is 2.31. The van der Waals surface area contributed by atoms with Crippen molar-refractivity contribution in [3.63, 3.8) is 0 Å². The number of carbonyl (C=O) groups is 2. The Labute approximate surface area is 171 Å². The Morgan fingerprint density at radius 1 is 1.40 bits per heavy atom. The van der Waals surface area contributed by atoms with Gasteiger partial charge in [0.05, 0.1) is 42.4 Å². The molecule has 2 N–H and O–H groups in total. The zero-order valence-electron chi connectivity index (χ0n) is 16.5. The second-order valence-electron chi connectivity index (χ2n) is 7.31. The van der Waals surface area contributed by atoms with Gasteiger partial charge < -0.3 is 25.2 Å². The number of hydrogen-bond donors (Lipinski definition) is 2. The van der Waals surface area contributed by atoms with Crippen LogP contribution in [0.2, 0.25) is 0 Å². The number of fused-ring (bicyclic) bond motifs is 2. The third-order valence-electron chi connectivity index (χ3n) is 5.19. The SMILES string of the molecule is CC(NC(=O)CN1Cc2c(ccc(F)c2F)NC1=O)c1cc2c(cn1)OCCN2C. The van der Waals surface area contributed by atoms with E-state index >= 15 is 0 Å². The molecular formula is C20H21F2N5O3. The zero-order valence-corrected chi connectivity index (χ0v) is 16.5. The molecule has 0 radical (unpaired) electrons. The molecule has 10 heteroatoms. The maximum Gasteiger partial charge on any atom is 0.322 e. The summed E-state index contributed by atoms with van der Waals surface area (Å²) in [6.45, 7) is 2.60. The van der Waals surface area contributed by atoms with Gasteiger partial charge in [-0.15, -0.1) is 0 Å². The number of likely N-dealkylation sites (N-methyl/N-ethyl adjacent to an activating group) is 1. The van der Waals surface area contributed by atoms with E-state index in [4.69, 9.17) is 4.74 Å². The third kappa shape index (κ3) is 3.72. The Morgan fingerprint density at radius 3 is 3.00 bits per heavy atom. The fraction of sp³-hybridized carbons (Fsp3) is 0.350. The maximum absolute atomic E-state index is 14.0. The molecule has 2 aliphatic rings. The average molecular weight is 417 g/mol. The van der Waals surface area contributed by atoms with Crippen LogP contribution in [0.4, 0.5) is 25.0 Å². The molecule has 30 heavy (non-hydrogen) atoms. The van der Waals surface area contributed by atoms with Crippen LogP contribution in [0.25, 0.3) is 0 Å². The fourth-order valence-corrected chi connectivity index (χ4v) is 3.49. The fourth-order valence-electron chi connectivity index (χ4n) is 3.49. The van der Waals surface area contributed by atoms with Crippen molar-refractivity contribution >= 4 is 23.3 Å². The lowest BCUT2D eigenvalue weighted by Crippen LogP contribution is -2.45. The number of urea groups is 1. The summed E-state index contributed by atoms with van der Waals surface area (Å²) in [5.41, 5.74) is 1.74. The van der Waals surface area contributed by atoms with Gasteiger partial charge in [0.1, 0.15) is 13.2 Å². The Hall–Kier alpha value is -3.43. The van der Waals surface area contributed by atoms with Crippen molar-refractivity contribution in [2.75, 3.05) is 37.0 Å². The third-order valence-corrected chi connectivity index (χ3v) is 5.19. The molecule has 0 spiro atoms. The van der Waals surface area contributed by atoms with Crippen LogP contribution in [0.3, 0.4) is 0 Å². The van der Waals surface area contributed by atoms with Gasteiger partial charge in [-0.1, -0.05) is 0 Å². The number of rotatable bonds is 4. The quantitative estimate of drug-likeness (QED) is 0.798. The Bertz CT molecular complexity index is 1020. The summed E-state index contributed by atoms with van der Waals surface area (Å²) in [6, 6.07) is 3.12. The number of nitrogens with one attached hydrogen (secondary N) is 2. The van der Waals surface area contributed by atoms with Crippen LogP contribution in [0, 0.1) is 11.6 Å². The summed E-state index contributed by atoms with van der Waals surface area (Å²) in [5.74, 6) is -1.79. The molecule has 0 bridgehead atoms. The summed E-state index contributed by atoms with van der Waals surface area (Å²) in [7, 11) is 1.95. The van der Waals surface area contributed by atoms with E-state index in [2.05, 4.69) is 15.6 Å². The summed E-state index contributed by atoms with van der Waals surface area (Å²) in [4.78, 5) is 32.2. The molecule has 8 nitrogen and oxygen atoms in total. The van der Waals surface area contributed by atoms with Crippen molar-refractivity contribution in [3.8, 4) is 5.75 Å². The maximum atomic E-state index is 14.0. The number of benzene rings is 1. The van der Waals surface area contributed by atoms with E-state index in [1.165, 1.54) is 6.07 Å². The van der Waals surface area contributed by atoms with Gasteiger partial charge in [-0.05, 0) is 25.1 Å². The van der Waals surface area contributed by atoms with Gasteiger partial charge in [-0.25, -0.2) is 13.6 Å². The van der Waals surface area contributed by atoms with Crippen molar-refractivity contribution in [1.29, 1.82) is 0 Å². The van der Waals surface area contributed by atoms with E-state index < -0.39 is 29.6 Å². The van der Waals surface area contributed by atoms with Gasteiger partial charge in [0.2, 0.25) is 5.91 Å². The number of halogens is 2. The summed E-state index contributed by atoms with van der Waals surface area (Å²) >= 11 is 0. The van der Waals surface area contributed by atoms with E-state index in [-0.39, 0.29) is 24.3 Å². The molecule has 0 aliphatic carbocycles. The monoisotopic (exact) mass is 417 g/mol. The lowest BCUT2D eigenvalue weighted by molar-refractivity contribution is -0.122. The molecule has 0 fully saturated rings. The normalized spacial score (nSPS) is 16.2. The smallest absolute Gasteiger partial charge is 0.322 e. The lowest BCUT2D eigenvalue weighted by Gasteiger charge is -2.30. The van der Waals surface area contributed by atoms with Crippen LogP contribution >= 0.6 is 0 Å². The number of anilines is 2. The first kappa shape index (κ1) is 19.9. The minimum Gasteiger partial charge on any atom is -0.488 e. The molecule has 1 aromatic carbocycles. The highest BCUT2D eigenvalue weighted by molar-refractivity contribution is 5.95. The van der Waals surface area contributed by atoms with Gasteiger partial charge in [0, 0.05) is 12.6 Å². The first-order valence-corrected chi connectivity index (χ1v) is 9.49. The highest BCUT2D eigenvalue weighted by Gasteiger charge is 2.28. The Balaban J connectivity index is 1.43. The number of hydrogen-bond acceptors (Lipinski definition) is 5.